The van der Waals surface area contributed by atoms with Crippen molar-refractivity contribution in [1.82, 2.24) is 24.5 Å². The SMILES string of the molecule is CCn1c(SCC(=O)Nc2ccnn2Cc2cccc(Cl)c2)nnc1-c1ccco1. The van der Waals surface area contributed by atoms with E-state index < -0.39 is 0 Å². The summed E-state index contributed by atoms with van der Waals surface area (Å²) >= 11 is 7.37. The number of nitrogens with one attached hydrogen (secondary N) is 1. The Balaban J connectivity index is 1.39. The average Bonchev–Trinajstić information content (AvgIpc) is 3.47. The lowest BCUT2D eigenvalue weighted by atomic mass is 10.2. The summed E-state index contributed by atoms with van der Waals surface area (Å²) in [5, 5.41) is 16.9. The van der Waals surface area contributed by atoms with Crippen molar-refractivity contribution in [3.05, 3.63) is 65.5 Å². The van der Waals surface area contributed by atoms with Crippen LogP contribution in [0.2, 0.25) is 5.02 Å². The Morgan fingerprint density at radius 3 is 2.90 bits per heavy atom. The lowest BCUT2D eigenvalue weighted by molar-refractivity contribution is -0.113. The molecule has 8 nitrogen and oxygen atoms in total. The molecule has 1 amide bonds. The standard InChI is InChI=1S/C20H19ClN6O2S/c1-2-26-19(16-7-4-10-29-16)24-25-20(26)30-13-18(28)23-17-8-9-22-27(17)12-14-5-3-6-15(21)11-14/h3-11H,2,12-13H2,1H3,(H,23,28). The molecule has 0 aliphatic heterocycles. The summed E-state index contributed by atoms with van der Waals surface area (Å²) in [6.45, 7) is 3.17. The van der Waals surface area contributed by atoms with Gasteiger partial charge in [0, 0.05) is 17.6 Å². The normalized spacial score (nSPS) is 11.0. The van der Waals surface area contributed by atoms with Crippen molar-refractivity contribution >= 4 is 35.1 Å². The van der Waals surface area contributed by atoms with Crippen LogP contribution < -0.4 is 5.32 Å². The van der Waals surface area contributed by atoms with Crippen molar-refractivity contribution in [3.63, 3.8) is 0 Å². The molecular weight excluding hydrogens is 424 g/mol. The van der Waals surface area contributed by atoms with Gasteiger partial charge in [0.25, 0.3) is 0 Å². The van der Waals surface area contributed by atoms with Crippen molar-refractivity contribution in [1.29, 1.82) is 0 Å². The van der Waals surface area contributed by atoms with Gasteiger partial charge < -0.3 is 9.73 Å². The lowest BCUT2D eigenvalue weighted by Gasteiger charge is -2.10. The van der Waals surface area contributed by atoms with Crippen LogP contribution in [0.3, 0.4) is 0 Å². The van der Waals surface area contributed by atoms with Crippen molar-refractivity contribution in [2.45, 2.75) is 25.2 Å². The quantitative estimate of drug-likeness (QED) is 0.411. The van der Waals surface area contributed by atoms with Gasteiger partial charge in [-0.3, -0.25) is 9.36 Å². The highest BCUT2D eigenvalue weighted by Crippen LogP contribution is 2.24. The highest BCUT2D eigenvalue weighted by molar-refractivity contribution is 7.99. The minimum absolute atomic E-state index is 0.155. The van der Waals surface area contributed by atoms with E-state index in [2.05, 4.69) is 20.6 Å². The Hall–Kier alpha value is -3.04. The summed E-state index contributed by atoms with van der Waals surface area (Å²) in [5.41, 5.74) is 0.998. The van der Waals surface area contributed by atoms with E-state index in [9.17, 15) is 4.79 Å². The fraction of sp³-hybridized carbons (Fsp3) is 0.200. The van der Waals surface area contributed by atoms with E-state index in [4.69, 9.17) is 16.0 Å². The highest BCUT2D eigenvalue weighted by atomic mass is 35.5. The van der Waals surface area contributed by atoms with Gasteiger partial charge in [-0.15, -0.1) is 10.2 Å². The first-order chi connectivity index (χ1) is 14.6. The number of halogens is 1. The molecule has 0 spiro atoms. The van der Waals surface area contributed by atoms with E-state index in [1.54, 1.807) is 29.3 Å². The number of amides is 1. The number of furan rings is 1. The fourth-order valence-corrected chi connectivity index (χ4v) is 3.97. The van der Waals surface area contributed by atoms with Crippen molar-refractivity contribution in [2.75, 3.05) is 11.1 Å². The molecule has 0 bridgehead atoms. The van der Waals surface area contributed by atoms with Gasteiger partial charge in [-0.05, 0) is 36.8 Å². The number of carbonyl (C=O) groups is 1. The topological polar surface area (TPSA) is 90.8 Å². The summed E-state index contributed by atoms with van der Waals surface area (Å²) in [4.78, 5) is 12.5. The van der Waals surface area contributed by atoms with Gasteiger partial charge in [-0.25, -0.2) is 4.68 Å². The van der Waals surface area contributed by atoms with Crippen LogP contribution in [-0.4, -0.2) is 36.2 Å². The molecule has 0 aliphatic rings. The maximum Gasteiger partial charge on any atom is 0.235 e. The number of rotatable bonds is 8. The molecule has 0 radical (unpaired) electrons. The molecule has 154 valence electrons. The molecule has 30 heavy (non-hydrogen) atoms. The maximum absolute atomic E-state index is 12.5. The first kappa shape index (κ1) is 20.2. The number of nitrogens with zero attached hydrogens (tertiary/aromatic N) is 5. The van der Waals surface area contributed by atoms with E-state index >= 15 is 0 Å². The molecule has 1 N–H and O–H groups in total. The van der Waals surface area contributed by atoms with Gasteiger partial charge in [0.05, 0.1) is 24.8 Å². The Labute approximate surface area is 182 Å². The minimum Gasteiger partial charge on any atom is -0.461 e. The number of anilines is 1. The van der Waals surface area contributed by atoms with E-state index in [1.807, 2.05) is 41.8 Å². The molecule has 0 fully saturated rings. The summed E-state index contributed by atoms with van der Waals surface area (Å²) in [5.74, 6) is 1.95. The predicted octanol–water partition coefficient (Wildman–Crippen LogP) is 4.19. The zero-order valence-electron chi connectivity index (χ0n) is 16.2. The molecule has 4 rings (SSSR count). The smallest absolute Gasteiger partial charge is 0.235 e. The minimum atomic E-state index is -0.155. The second-order valence-electron chi connectivity index (χ2n) is 6.37. The van der Waals surface area contributed by atoms with Crippen LogP contribution in [0.15, 0.2) is 64.5 Å². The molecule has 0 saturated carbocycles. The molecular formula is C20H19ClN6O2S. The van der Waals surface area contributed by atoms with Gasteiger partial charge in [0.2, 0.25) is 5.91 Å². The number of thioether (sulfide) groups is 1. The van der Waals surface area contributed by atoms with Crippen molar-refractivity contribution in [3.8, 4) is 11.6 Å². The van der Waals surface area contributed by atoms with Crippen LogP contribution in [-0.2, 0) is 17.9 Å². The Morgan fingerprint density at radius 2 is 2.13 bits per heavy atom. The van der Waals surface area contributed by atoms with E-state index in [-0.39, 0.29) is 11.7 Å². The summed E-state index contributed by atoms with van der Waals surface area (Å²) in [7, 11) is 0. The predicted molar refractivity (Wildman–Crippen MR) is 116 cm³/mol. The maximum atomic E-state index is 12.5. The van der Waals surface area contributed by atoms with E-state index in [1.165, 1.54) is 11.8 Å². The van der Waals surface area contributed by atoms with Crippen LogP contribution in [0.4, 0.5) is 5.82 Å². The van der Waals surface area contributed by atoms with Gasteiger partial charge >= 0.3 is 0 Å². The number of hydrogen-bond acceptors (Lipinski definition) is 6. The highest BCUT2D eigenvalue weighted by Gasteiger charge is 2.16. The summed E-state index contributed by atoms with van der Waals surface area (Å²) in [6.07, 6.45) is 3.24. The van der Waals surface area contributed by atoms with Crippen molar-refractivity contribution < 1.29 is 9.21 Å². The van der Waals surface area contributed by atoms with Crippen LogP contribution in [0.25, 0.3) is 11.6 Å². The van der Waals surface area contributed by atoms with Gasteiger partial charge in [0.1, 0.15) is 5.82 Å². The average molecular weight is 443 g/mol. The van der Waals surface area contributed by atoms with Gasteiger partial charge in [0.15, 0.2) is 16.7 Å². The number of benzene rings is 1. The Bertz CT molecular complexity index is 1140. The second kappa shape index (κ2) is 9.19. The first-order valence-corrected chi connectivity index (χ1v) is 10.7. The van der Waals surface area contributed by atoms with Crippen molar-refractivity contribution in [2.24, 2.45) is 0 Å². The third-order valence-corrected chi connectivity index (χ3v) is 5.51. The third kappa shape index (κ3) is 4.58. The molecule has 0 aliphatic carbocycles. The molecule has 1 aromatic carbocycles. The summed E-state index contributed by atoms with van der Waals surface area (Å²) in [6, 6.07) is 12.9. The first-order valence-electron chi connectivity index (χ1n) is 9.30. The fourth-order valence-electron chi connectivity index (χ4n) is 2.95. The zero-order valence-corrected chi connectivity index (χ0v) is 17.7. The van der Waals surface area contributed by atoms with E-state index in [0.717, 1.165) is 5.56 Å². The van der Waals surface area contributed by atoms with Crippen LogP contribution in [0.5, 0.6) is 0 Å². The second-order valence-corrected chi connectivity index (χ2v) is 7.75. The molecule has 3 heterocycles. The van der Waals surface area contributed by atoms with Crippen LogP contribution in [0, 0.1) is 0 Å². The molecule has 0 unspecified atom stereocenters. The Kier molecular flexibility index (Phi) is 6.20. The number of carbonyl (C=O) groups excluding carboxylic acids is 1. The number of aromatic nitrogens is 5. The van der Waals surface area contributed by atoms with Gasteiger partial charge in [-0.1, -0.05) is 35.5 Å². The lowest BCUT2D eigenvalue weighted by Crippen LogP contribution is -2.18. The van der Waals surface area contributed by atoms with E-state index in [0.29, 0.717) is 40.7 Å². The molecule has 10 heteroatoms. The number of hydrogen-bond donors (Lipinski definition) is 1. The molecule has 4 aromatic rings. The largest absolute Gasteiger partial charge is 0.461 e. The van der Waals surface area contributed by atoms with Crippen LogP contribution in [0.1, 0.15) is 12.5 Å². The van der Waals surface area contributed by atoms with Gasteiger partial charge in [-0.2, -0.15) is 5.10 Å². The molecule has 0 atom stereocenters. The third-order valence-electron chi connectivity index (χ3n) is 4.31. The molecule has 0 saturated heterocycles. The monoisotopic (exact) mass is 442 g/mol. The Morgan fingerprint density at radius 1 is 1.23 bits per heavy atom. The zero-order chi connectivity index (χ0) is 20.9. The molecule has 3 aromatic heterocycles. The van der Waals surface area contributed by atoms with Crippen LogP contribution >= 0.6 is 23.4 Å². The summed E-state index contributed by atoms with van der Waals surface area (Å²) < 4.78 is 9.05.